The number of fused-ring (bicyclic) bond motifs is 3. The number of carboxylic acids is 1. The molecule has 3 nitrogen and oxygen atoms in total. The highest BCUT2D eigenvalue weighted by Gasteiger charge is 2.50. The molecule has 0 heterocycles. The lowest BCUT2D eigenvalue weighted by atomic mass is 9.50. The van der Waals surface area contributed by atoms with Crippen molar-refractivity contribution in [1.82, 2.24) is 0 Å². The highest BCUT2D eigenvalue weighted by Crippen LogP contribution is 2.59. The van der Waals surface area contributed by atoms with E-state index in [2.05, 4.69) is 39.0 Å². The number of phenols is 1. The zero-order chi connectivity index (χ0) is 23.4. The van der Waals surface area contributed by atoms with E-state index >= 15 is 0 Å². The van der Waals surface area contributed by atoms with Crippen molar-refractivity contribution in [2.75, 3.05) is 0 Å². The second-order valence-electron chi connectivity index (χ2n) is 11.4. The number of aromatic hydroxyl groups is 1. The molecule has 0 radical (unpaired) electrons. The van der Waals surface area contributed by atoms with E-state index in [9.17, 15) is 15.0 Å². The molecule has 33 heavy (non-hydrogen) atoms. The predicted molar refractivity (Wildman–Crippen MR) is 134 cm³/mol. The van der Waals surface area contributed by atoms with E-state index in [-0.39, 0.29) is 10.8 Å². The quantitative estimate of drug-likeness (QED) is 0.433. The Kier molecular flexibility index (Phi) is 5.27. The van der Waals surface area contributed by atoms with Gasteiger partial charge in [0.25, 0.3) is 0 Å². The van der Waals surface area contributed by atoms with Crippen molar-refractivity contribution in [3.63, 3.8) is 0 Å². The van der Waals surface area contributed by atoms with Crippen molar-refractivity contribution in [2.24, 2.45) is 17.3 Å². The zero-order valence-corrected chi connectivity index (χ0v) is 19.9. The SMILES string of the molecule is CCC1CC2CC(C)(C)CC(c3cc(-c4ccc5cc(C(=O)O)ccc5c4)ccc3O)(C1)C2. The van der Waals surface area contributed by atoms with Gasteiger partial charge in [-0.1, -0.05) is 51.5 Å². The lowest BCUT2D eigenvalue weighted by Crippen LogP contribution is -2.46. The number of aromatic carboxylic acids is 1. The summed E-state index contributed by atoms with van der Waals surface area (Å²) in [6, 6.07) is 17.6. The molecule has 172 valence electrons. The highest BCUT2D eigenvalue weighted by atomic mass is 16.4. The van der Waals surface area contributed by atoms with Crippen LogP contribution in [0.15, 0.2) is 54.6 Å². The van der Waals surface area contributed by atoms with E-state index in [1.54, 1.807) is 12.1 Å². The van der Waals surface area contributed by atoms with Crippen LogP contribution in [0.25, 0.3) is 21.9 Å². The Morgan fingerprint density at radius 3 is 2.39 bits per heavy atom. The number of rotatable bonds is 4. The summed E-state index contributed by atoms with van der Waals surface area (Å²) in [4.78, 5) is 11.3. The number of hydrogen-bond donors (Lipinski definition) is 2. The monoisotopic (exact) mass is 442 g/mol. The normalized spacial score (nSPS) is 26.3. The van der Waals surface area contributed by atoms with Gasteiger partial charge in [-0.3, -0.25) is 0 Å². The van der Waals surface area contributed by atoms with Crippen LogP contribution in [0.4, 0.5) is 0 Å². The van der Waals surface area contributed by atoms with E-state index in [0.29, 0.717) is 11.3 Å². The second kappa shape index (κ2) is 7.90. The Bertz CT molecular complexity index is 1220. The van der Waals surface area contributed by atoms with Gasteiger partial charge in [0.15, 0.2) is 0 Å². The van der Waals surface area contributed by atoms with Crippen molar-refractivity contribution in [2.45, 2.75) is 64.7 Å². The standard InChI is InChI=1S/C30H34O3/c1-4-19-11-20-15-29(2,3)18-30(16-19,17-20)26-14-24(9-10-27(26)31)22-5-6-23-13-25(28(32)33)8-7-21(23)12-22/h5-10,12-14,19-20,31H,4,11,15-18H2,1-3H3,(H,32,33). The fourth-order valence-electron chi connectivity index (χ4n) is 7.22. The number of hydrogen-bond acceptors (Lipinski definition) is 2. The largest absolute Gasteiger partial charge is 0.508 e. The van der Waals surface area contributed by atoms with Crippen LogP contribution in [-0.4, -0.2) is 16.2 Å². The van der Waals surface area contributed by atoms with Gasteiger partial charge in [0.1, 0.15) is 5.75 Å². The summed E-state index contributed by atoms with van der Waals surface area (Å²) in [5, 5.41) is 22.3. The van der Waals surface area contributed by atoms with Gasteiger partial charge in [0, 0.05) is 11.0 Å². The Morgan fingerprint density at radius 1 is 0.939 bits per heavy atom. The average Bonchev–Trinajstić information content (AvgIpc) is 2.77. The Labute approximate surface area is 196 Å². The molecule has 0 saturated heterocycles. The third kappa shape index (κ3) is 4.03. The fourth-order valence-corrected chi connectivity index (χ4v) is 7.22. The maximum absolute atomic E-state index is 11.3. The molecule has 0 aromatic heterocycles. The molecule has 5 rings (SSSR count). The van der Waals surface area contributed by atoms with Crippen molar-refractivity contribution < 1.29 is 15.0 Å². The van der Waals surface area contributed by atoms with Gasteiger partial charge in [-0.25, -0.2) is 4.79 Å². The number of phenolic OH excluding ortho intramolecular Hbond substituents is 1. The Balaban J connectivity index is 1.58. The fraction of sp³-hybridized carbons (Fsp3) is 0.433. The van der Waals surface area contributed by atoms with Crippen LogP contribution < -0.4 is 0 Å². The summed E-state index contributed by atoms with van der Waals surface area (Å²) < 4.78 is 0. The van der Waals surface area contributed by atoms with E-state index in [0.717, 1.165) is 52.1 Å². The van der Waals surface area contributed by atoms with Crippen molar-refractivity contribution in [1.29, 1.82) is 0 Å². The Hall–Kier alpha value is -2.81. The maximum Gasteiger partial charge on any atom is 0.335 e. The molecule has 3 heteroatoms. The summed E-state index contributed by atoms with van der Waals surface area (Å²) in [6.07, 6.45) is 7.29. The van der Waals surface area contributed by atoms with Crippen molar-refractivity contribution >= 4 is 16.7 Å². The summed E-state index contributed by atoms with van der Waals surface area (Å²) in [5.74, 6) is 0.987. The van der Waals surface area contributed by atoms with Crippen LogP contribution in [0.3, 0.4) is 0 Å². The minimum absolute atomic E-state index is 0.0404. The lowest BCUT2D eigenvalue weighted by molar-refractivity contribution is 0.0241. The first kappa shape index (κ1) is 22.0. The minimum Gasteiger partial charge on any atom is -0.508 e. The van der Waals surface area contributed by atoms with Gasteiger partial charge in [-0.2, -0.15) is 0 Å². The molecule has 0 spiro atoms. The molecule has 2 fully saturated rings. The van der Waals surface area contributed by atoms with Crippen LogP contribution in [0.2, 0.25) is 0 Å². The molecule has 0 amide bonds. The van der Waals surface area contributed by atoms with E-state index < -0.39 is 5.97 Å². The van der Waals surface area contributed by atoms with Gasteiger partial charge >= 0.3 is 5.97 Å². The molecule has 3 atom stereocenters. The Morgan fingerprint density at radius 2 is 1.64 bits per heavy atom. The molecule has 0 aliphatic heterocycles. The first-order valence-corrected chi connectivity index (χ1v) is 12.3. The predicted octanol–water partition coefficient (Wildman–Crippen LogP) is 7.79. The third-order valence-corrected chi connectivity index (χ3v) is 8.25. The second-order valence-corrected chi connectivity index (χ2v) is 11.4. The third-order valence-electron chi connectivity index (χ3n) is 8.25. The molecular weight excluding hydrogens is 408 g/mol. The van der Waals surface area contributed by atoms with Crippen LogP contribution in [0.5, 0.6) is 5.75 Å². The summed E-state index contributed by atoms with van der Waals surface area (Å²) >= 11 is 0. The van der Waals surface area contributed by atoms with Crippen LogP contribution >= 0.6 is 0 Å². The van der Waals surface area contributed by atoms with E-state index in [1.165, 1.54) is 25.7 Å². The number of carbonyl (C=O) groups is 1. The molecule has 3 aromatic rings. The summed E-state index contributed by atoms with van der Waals surface area (Å²) in [5.41, 5.74) is 3.96. The van der Waals surface area contributed by atoms with Gasteiger partial charge in [0.2, 0.25) is 0 Å². The maximum atomic E-state index is 11.3. The van der Waals surface area contributed by atoms with E-state index in [4.69, 9.17) is 0 Å². The smallest absolute Gasteiger partial charge is 0.335 e. The lowest BCUT2D eigenvalue weighted by Gasteiger charge is -2.54. The van der Waals surface area contributed by atoms with Gasteiger partial charge in [-0.15, -0.1) is 0 Å². The molecule has 2 aliphatic carbocycles. The molecule has 2 saturated carbocycles. The van der Waals surface area contributed by atoms with E-state index in [1.807, 2.05) is 24.3 Å². The molecule has 2 N–H and O–H groups in total. The molecule has 2 bridgehead atoms. The summed E-state index contributed by atoms with van der Waals surface area (Å²) in [7, 11) is 0. The first-order valence-electron chi connectivity index (χ1n) is 12.3. The molecule has 3 aromatic carbocycles. The highest BCUT2D eigenvalue weighted by molar-refractivity contribution is 5.95. The molecule has 2 aliphatic rings. The van der Waals surface area contributed by atoms with Gasteiger partial charge < -0.3 is 10.2 Å². The van der Waals surface area contributed by atoms with Crippen LogP contribution in [0, 0.1) is 17.3 Å². The average molecular weight is 443 g/mol. The topological polar surface area (TPSA) is 57.5 Å². The van der Waals surface area contributed by atoms with Gasteiger partial charge in [0.05, 0.1) is 5.56 Å². The number of benzene rings is 3. The van der Waals surface area contributed by atoms with Crippen LogP contribution in [0.1, 0.15) is 75.2 Å². The van der Waals surface area contributed by atoms with Gasteiger partial charge in [-0.05, 0) is 102 Å². The minimum atomic E-state index is -0.907. The van der Waals surface area contributed by atoms with Crippen LogP contribution in [-0.2, 0) is 5.41 Å². The number of carboxylic acid groups (broad SMARTS) is 1. The van der Waals surface area contributed by atoms with Crippen molar-refractivity contribution in [3.8, 4) is 16.9 Å². The van der Waals surface area contributed by atoms with Crippen molar-refractivity contribution in [3.05, 3.63) is 65.7 Å². The first-order chi connectivity index (χ1) is 15.7. The summed E-state index contributed by atoms with van der Waals surface area (Å²) in [6.45, 7) is 7.11. The molecular formula is C30H34O3. The zero-order valence-electron chi connectivity index (χ0n) is 19.9. The molecule has 3 unspecified atom stereocenters.